The highest BCUT2D eigenvalue weighted by Gasteiger charge is 2.23. The van der Waals surface area contributed by atoms with E-state index >= 15 is 0 Å². The third-order valence-corrected chi connectivity index (χ3v) is 3.82. The molecule has 0 bridgehead atoms. The molecule has 4 heteroatoms. The third-order valence-electron chi connectivity index (χ3n) is 3.82. The minimum Gasteiger partial charge on any atom is -0.379 e. The molecule has 1 N–H and O–H groups in total. The van der Waals surface area contributed by atoms with E-state index in [-0.39, 0.29) is 5.60 Å². The van der Waals surface area contributed by atoms with Gasteiger partial charge in [-0.2, -0.15) is 5.10 Å². The molecule has 116 valence electrons. The van der Waals surface area contributed by atoms with Crippen molar-refractivity contribution in [3.63, 3.8) is 0 Å². The summed E-state index contributed by atoms with van der Waals surface area (Å²) >= 11 is 0. The SMILES string of the molecule is CCCNC(Cc1cc(CC)nn1C)CC(C)(C)OC. The molecule has 0 spiro atoms. The number of aromatic nitrogens is 2. The van der Waals surface area contributed by atoms with Crippen LogP contribution < -0.4 is 5.32 Å². The Labute approximate surface area is 123 Å². The second-order valence-corrected chi connectivity index (χ2v) is 6.13. The Balaban J connectivity index is 2.74. The van der Waals surface area contributed by atoms with E-state index in [4.69, 9.17) is 4.74 Å². The fraction of sp³-hybridized carbons (Fsp3) is 0.812. The first kappa shape index (κ1) is 17.2. The molecule has 4 nitrogen and oxygen atoms in total. The zero-order chi connectivity index (χ0) is 15.2. The van der Waals surface area contributed by atoms with Crippen molar-refractivity contribution in [1.82, 2.24) is 15.1 Å². The van der Waals surface area contributed by atoms with Crippen molar-refractivity contribution >= 4 is 0 Å². The number of methoxy groups -OCH3 is 1. The topological polar surface area (TPSA) is 39.1 Å². The number of nitrogens with zero attached hydrogens (tertiary/aromatic N) is 2. The van der Waals surface area contributed by atoms with E-state index in [1.165, 1.54) is 11.4 Å². The Morgan fingerprint density at radius 2 is 2.10 bits per heavy atom. The van der Waals surface area contributed by atoms with Crippen LogP contribution in [0, 0.1) is 0 Å². The van der Waals surface area contributed by atoms with E-state index in [0.717, 1.165) is 32.2 Å². The molecule has 1 aromatic rings. The summed E-state index contributed by atoms with van der Waals surface area (Å²) in [5.74, 6) is 0. The molecular formula is C16H31N3O. The third kappa shape index (κ3) is 5.25. The minimum absolute atomic E-state index is 0.0996. The normalized spacial score (nSPS) is 13.7. The predicted octanol–water partition coefficient (Wildman–Crippen LogP) is 2.71. The first-order chi connectivity index (χ1) is 9.41. The van der Waals surface area contributed by atoms with Crippen molar-refractivity contribution in [2.24, 2.45) is 7.05 Å². The second kappa shape index (κ2) is 7.79. The minimum atomic E-state index is -0.0996. The summed E-state index contributed by atoms with van der Waals surface area (Å²) in [6.45, 7) is 9.68. The number of ether oxygens (including phenoxy) is 1. The fourth-order valence-corrected chi connectivity index (χ4v) is 2.43. The molecule has 0 saturated carbocycles. The van der Waals surface area contributed by atoms with Gasteiger partial charge in [0.1, 0.15) is 0 Å². The first-order valence-corrected chi connectivity index (χ1v) is 7.72. The molecule has 0 saturated heterocycles. The van der Waals surface area contributed by atoms with Crippen molar-refractivity contribution in [2.45, 2.75) is 65.0 Å². The molecule has 1 unspecified atom stereocenters. The zero-order valence-electron chi connectivity index (χ0n) is 14.0. The Bertz CT molecular complexity index is 398. The van der Waals surface area contributed by atoms with Crippen molar-refractivity contribution in [3.8, 4) is 0 Å². The van der Waals surface area contributed by atoms with E-state index < -0.39 is 0 Å². The van der Waals surface area contributed by atoms with Gasteiger partial charge in [-0.25, -0.2) is 0 Å². The summed E-state index contributed by atoms with van der Waals surface area (Å²) in [7, 11) is 3.82. The highest BCUT2D eigenvalue weighted by Crippen LogP contribution is 2.18. The maximum Gasteiger partial charge on any atom is 0.0637 e. The van der Waals surface area contributed by atoms with E-state index in [1.807, 2.05) is 11.7 Å². The highest BCUT2D eigenvalue weighted by atomic mass is 16.5. The van der Waals surface area contributed by atoms with Gasteiger partial charge in [0, 0.05) is 32.3 Å². The standard InChI is InChI=1S/C16H31N3O/c1-7-9-17-14(12-16(3,4)20-6)11-15-10-13(8-2)18-19(15)5/h10,14,17H,7-9,11-12H2,1-6H3. The van der Waals surface area contributed by atoms with Crippen LogP contribution in [0.25, 0.3) is 0 Å². The fourth-order valence-electron chi connectivity index (χ4n) is 2.43. The second-order valence-electron chi connectivity index (χ2n) is 6.13. The van der Waals surface area contributed by atoms with Crippen LogP contribution in [0.15, 0.2) is 6.07 Å². The maximum atomic E-state index is 5.58. The van der Waals surface area contributed by atoms with Gasteiger partial charge in [0.2, 0.25) is 0 Å². The molecule has 0 amide bonds. The van der Waals surface area contributed by atoms with Crippen molar-refractivity contribution in [2.75, 3.05) is 13.7 Å². The molecule has 1 rings (SSSR count). The van der Waals surface area contributed by atoms with Gasteiger partial charge in [-0.1, -0.05) is 13.8 Å². The zero-order valence-corrected chi connectivity index (χ0v) is 14.0. The number of aryl methyl sites for hydroxylation is 2. The lowest BCUT2D eigenvalue weighted by molar-refractivity contribution is 0.00700. The largest absolute Gasteiger partial charge is 0.379 e. The van der Waals surface area contributed by atoms with E-state index in [0.29, 0.717) is 6.04 Å². The molecule has 0 aliphatic heterocycles. The summed E-state index contributed by atoms with van der Waals surface area (Å²) < 4.78 is 7.59. The van der Waals surface area contributed by atoms with Crippen LogP contribution in [0.1, 0.15) is 51.9 Å². The van der Waals surface area contributed by atoms with Gasteiger partial charge in [0.25, 0.3) is 0 Å². The van der Waals surface area contributed by atoms with Crippen LogP contribution in [0.3, 0.4) is 0 Å². The van der Waals surface area contributed by atoms with Crippen LogP contribution in [0.5, 0.6) is 0 Å². The summed E-state index contributed by atoms with van der Waals surface area (Å²) in [4.78, 5) is 0. The van der Waals surface area contributed by atoms with Gasteiger partial charge in [-0.05, 0) is 45.7 Å². The van der Waals surface area contributed by atoms with Crippen molar-refractivity contribution < 1.29 is 4.74 Å². The van der Waals surface area contributed by atoms with Crippen LogP contribution >= 0.6 is 0 Å². The van der Waals surface area contributed by atoms with E-state index in [1.54, 1.807) is 7.11 Å². The average molecular weight is 281 g/mol. The van der Waals surface area contributed by atoms with E-state index in [2.05, 4.69) is 44.2 Å². The number of hydrogen-bond acceptors (Lipinski definition) is 3. The lowest BCUT2D eigenvalue weighted by Crippen LogP contribution is -2.39. The molecule has 20 heavy (non-hydrogen) atoms. The molecule has 1 aromatic heterocycles. The Morgan fingerprint density at radius 1 is 1.40 bits per heavy atom. The van der Waals surface area contributed by atoms with Crippen molar-refractivity contribution in [1.29, 1.82) is 0 Å². The summed E-state index contributed by atoms with van der Waals surface area (Å²) in [5.41, 5.74) is 2.36. The molecule has 1 heterocycles. The first-order valence-electron chi connectivity index (χ1n) is 7.72. The van der Waals surface area contributed by atoms with Gasteiger partial charge in [-0.15, -0.1) is 0 Å². The molecule has 0 fully saturated rings. The predicted molar refractivity (Wildman–Crippen MR) is 84.1 cm³/mol. The Morgan fingerprint density at radius 3 is 2.60 bits per heavy atom. The van der Waals surface area contributed by atoms with Gasteiger partial charge in [0.05, 0.1) is 11.3 Å². The number of rotatable bonds is 9. The molecule has 0 aliphatic rings. The smallest absolute Gasteiger partial charge is 0.0637 e. The van der Waals surface area contributed by atoms with Gasteiger partial charge in [-0.3, -0.25) is 4.68 Å². The summed E-state index contributed by atoms with van der Waals surface area (Å²) in [6, 6.07) is 2.64. The van der Waals surface area contributed by atoms with Crippen LogP contribution in [0.4, 0.5) is 0 Å². The molecule has 1 atom stereocenters. The molecule has 0 aromatic carbocycles. The average Bonchev–Trinajstić information content (AvgIpc) is 2.76. The van der Waals surface area contributed by atoms with Gasteiger partial charge >= 0.3 is 0 Å². The van der Waals surface area contributed by atoms with Crippen LogP contribution in [-0.4, -0.2) is 35.1 Å². The highest BCUT2D eigenvalue weighted by molar-refractivity contribution is 5.11. The van der Waals surface area contributed by atoms with Crippen molar-refractivity contribution in [3.05, 3.63) is 17.5 Å². The Hall–Kier alpha value is -0.870. The summed E-state index contributed by atoms with van der Waals surface area (Å²) in [6.07, 6.45) is 4.13. The lowest BCUT2D eigenvalue weighted by Gasteiger charge is -2.29. The molecule has 0 aliphatic carbocycles. The number of hydrogen-bond donors (Lipinski definition) is 1. The summed E-state index contributed by atoms with van der Waals surface area (Å²) in [5, 5.41) is 8.18. The molecular weight excluding hydrogens is 250 g/mol. The monoisotopic (exact) mass is 281 g/mol. The van der Waals surface area contributed by atoms with Crippen LogP contribution in [0.2, 0.25) is 0 Å². The number of nitrogens with one attached hydrogen (secondary N) is 1. The molecule has 0 radical (unpaired) electrons. The lowest BCUT2D eigenvalue weighted by atomic mass is 9.95. The van der Waals surface area contributed by atoms with Gasteiger partial charge in [0.15, 0.2) is 0 Å². The Kier molecular flexibility index (Phi) is 6.69. The maximum absolute atomic E-state index is 5.58. The van der Waals surface area contributed by atoms with E-state index in [9.17, 15) is 0 Å². The van der Waals surface area contributed by atoms with Gasteiger partial charge < -0.3 is 10.1 Å². The van der Waals surface area contributed by atoms with Crippen LogP contribution in [-0.2, 0) is 24.6 Å². The quantitative estimate of drug-likeness (QED) is 0.756.